The molecule has 4 nitrogen and oxygen atoms in total. The van der Waals surface area contributed by atoms with Crippen molar-refractivity contribution in [2.75, 3.05) is 0 Å². The van der Waals surface area contributed by atoms with Crippen molar-refractivity contribution < 1.29 is 14.3 Å². The van der Waals surface area contributed by atoms with Gasteiger partial charge in [0.25, 0.3) is 0 Å². The lowest BCUT2D eigenvalue weighted by molar-refractivity contribution is 0.1000. The van der Waals surface area contributed by atoms with Crippen LogP contribution in [0, 0.1) is 0 Å². The molecule has 19 heavy (non-hydrogen) atoms. The molecule has 0 saturated heterocycles. The van der Waals surface area contributed by atoms with Gasteiger partial charge in [-0.3, -0.25) is 9.59 Å². The molecule has 2 N–H and O–H groups in total. The third-order valence-electron chi connectivity index (χ3n) is 2.47. The topological polar surface area (TPSA) is 69.4 Å². The highest BCUT2D eigenvalue weighted by Gasteiger charge is 2.06. The van der Waals surface area contributed by atoms with E-state index in [0.29, 0.717) is 33.9 Å². The lowest BCUT2D eigenvalue weighted by Crippen LogP contribution is -2.10. The van der Waals surface area contributed by atoms with Gasteiger partial charge in [-0.25, -0.2) is 0 Å². The number of ether oxygens (including phenoxy) is 1. The Bertz CT molecular complexity index is 623. The number of rotatable bonds is 4. The number of hydrogen-bond acceptors (Lipinski definition) is 3. The molecule has 2 aromatic rings. The number of carbonyl (C=O) groups excluding carboxylic acids is 2. The van der Waals surface area contributed by atoms with Crippen LogP contribution >= 0.6 is 11.6 Å². The van der Waals surface area contributed by atoms with E-state index in [9.17, 15) is 9.59 Å². The molecule has 5 heteroatoms. The summed E-state index contributed by atoms with van der Waals surface area (Å²) in [4.78, 5) is 21.8. The van der Waals surface area contributed by atoms with Gasteiger partial charge >= 0.3 is 0 Å². The van der Waals surface area contributed by atoms with Crippen LogP contribution in [-0.4, -0.2) is 12.2 Å². The zero-order valence-electron chi connectivity index (χ0n) is 9.80. The maximum atomic E-state index is 10.9. The first-order chi connectivity index (χ1) is 9.10. The lowest BCUT2D eigenvalue weighted by Gasteiger charge is -2.08. The van der Waals surface area contributed by atoms with E-state index in [0.717, 1.165) is 0 Å². The summed E-state index contributed by atoms with van der Waals surface area (Å²) >= 11 is 5.79. The van der Waals surface area contributed by atoms with Gasteiger partial charge in [-0.05, 0) is 42.5 Å². The van der Waals surface area contributed by atoms with Crippen molar-refractivity contribution in [1.82, 2.24) is 0 Å². The summed E-state index contributed by atoms with van der Waals surface area (Å²) in [6, 6.07) is 11.0. The fourth-order valence-corrected chi connectivity index (χ4v) is 1.70. The number of carbonyl (C=O) groups is 2. The molecule has 96 valence electrons. The van der Waals surface area contributed by atoms with E-state index in [4.69, 9.17) is 22.1 Å². The molecule has 0 unspecified atom stereocenters. The van der Waals surface area contributed by atoms with Gasteiger partial charge in [-0.15, -0.1) is 0 Å². The Balaban J connectivity index is 2.26. The molecule has 2 rings (SSSR count). The fraction of sp³-hybridized carbons (Fsp3) is 0. The maximum Gasteiger partial charge on any atom is 0.248 e. The number of aldehydes is 1. The largest absolute Gasteiger partial charge is 0.457 e. The first-order valence-corrected chi connectivity index (χ1v) is 5.80. The predicted molar refractivity (Wildman–Crippen MR) is 71.9 cm³/mol. The van der Waals surface area contributed by atoms with E-state index in [1.165, 1.54) is 6.07 Å². The van der Waals surface area contributed by atoms with Crippen LogP contribution in [0.4, 0.5) is 0 Å². The maximum absolute atomic E-state index is 10.9. The van der Waals surface area contributed by atoms with E-state index >= 15 is 0 Å². The number of benzene rings is 2. The highest BCUT2D eigenvalue weighted by Crippen LogP contribution is 2.26. The SMILES string of the molecule is NC(=O)c1ccc(Oc2ccc(Cl)cc2C=O)cc1. The zero-order valence-corrected chi connectivity index (χ0v) is 10.6. The first-order valence-electron chi connectivity index (χ1n) is 5.42. The third-order valence-corrected chi connectivity index (χ3v) is 2.70. The fourth-order valence-electron chi connectivity index (χ4n) is 1.52. The monoisotopic (exact) mass is 275 g/mol. The van der Waals surface area contributed by atoms with Crippen LogP contribution in [-0.2, 0) is 0 Å². The van der Waals surface area contributed by atoms with Crippen LogP contribution in [0.25, 0.3) is 0 Å². The Morgan fingerprint density at radius 3 is 2.42 bits per heavy atom. The van der Waals surface area contributed by atoms with Crippen molar-refractivity contribution in [2.45, 2.75) is 0 Å². The normalized spacial score (nSPS) is 9.95. The van der Waals surface area contributed by atoms with Crippen LogP contribution in [0.3, 0.4) is 0 Å². The standard InChI is InChI=1S/C14H10ClNO3/c15-11-3-6-13(10(7-11)8-17)19-12-4-1-9(2-5-12)14(16)18/h1-8H,(H2,16,18). The summed E-state index contributed by atoms with van der Waals surface area (Å²) in [7, 11) is 0. The predicted octanol–water partition coefficient (Wildman–Crippen LogP) is 3.04. The van der Waals surface area contributed by atoms with Gasteiger partial charge in [-0.1, -0.05) is 11.6 Å². The number of amides is 1. The van der Waals surface area contributed by atoms with E-state index in [1.54, 1.807) is 36.4 Å². The Morgan fingerprint density at radius 2 is 1.84 bits per heavy atom. The molecule has 0 aliphatic rings. The van der Waals surface area contributed by atoms with Crippen LogP contribution in [0.2, 0.25) is 5.02 Å². The lowest BCUT2D eigenvalue weighted by atomic mass is 10.2. The molecule has 0 spiro atoms. The summed E-state index contributed by atoms with van der Waals surface area (Å²) in [6.45, 7) is 0. The smallest absolute Gasteiger partial charge is 0.248 e. The summed E-state index contributed by atoms with van der Waals surface area (Å²) in [5.41, 5.74) is 5.88. The minimum absolute atomic E-state index is 0.353. The van der Waals surface area contributed by atoms with E-state index in [-0.39, 0.29) is 0 Å². The number of halogens is 1. The summed E-state index contributed by atoms with van der Waals surface area (Å²) < 4.78 is 5.55. The van der Waals surface area contributed by atoms with E-state index in [2.05, 4.69) is 0 Å². The zero-order chi connectivity index (χ0) is 13.8. The second kappa shape index (κ2) is 5.54. The minimum Gasteiger partial charge on any atom is -0.457 e. The van der Waals surface area contributed by atoms with E-state index < -0.39 is 5.91 Å². The molecular formula is C14H10ClNO3. The van der Waals surface area contributed by atoms with Crippen molar-refractivity contribution >= 4 is 23.8 Å². The molecule has 2 aromatic carbocycles. The second-order valence-corrected chi connectivity index (χ2v) is 4.23. The number of nitrogens with two attached hydrogens (primary N) is 1. The Kier molecular flexibility index (Phi) is 3.82. The molecule has 0 aliphatic heterocycles. The van der Waals surface area contributed by atoms with Crippen molar-refractivity contribution in [3.05, 3.63) is 58.6 Å². The van der Waals surface area contributed by atoms with Crippen molar-refractivity contribution in [1.29, 1.82) is 0 Å². The molecule has 0 atom stereocenters. The van der Waals surface area contributed by atoms with Crippen molar-refractivity contribution in [3.63, 3.8) is 0 Å². The molecule has 0 saturated carbocycles. The van der Waals surface area contributed by atoms with E-state index in [1.807, 2.05) is 0 Å². The molecule has 0 bridgehead atoms. The highest BCUT2D eigenvalue weighted by molar-refractivity contribution is 6.30. The average molecular weight is 276 g/mol. The summed E-state index contributed by atoms with van der Waals surface area (Å²) in [5, 5.41) is 0.457. The summed E-state index contributed by atoms with van der Waals surface area (Å²) in [6.07, 6.45) is 0.666. The first kappa shape index (κ1) is 13.1. The summed E-state index contributed by atoms with van der Waals surface area (Å²) in [5.74, 6) is 0.383. The van der Waals surface area contributed by atoms with Gasteiger partial charge in [-0.2, -0.15) is 0 Å². The second-order valence-electron chi connectivity index (χ2n) is 3.79. The Hall–Kier alpha value is -2.33. The van der Waals surface area contributed by atoms with Crippen LogP contribution < -0.4 is 10.5 Å². The average Bonchev–Trinajstić information content (AvgIpc) is 2.41. The quantitative estimate of drug-likeness (QED) is 0.872. The molecule has 0 aliphatic carbocycles. The molecule has 1 amide bonds. The van der Waals surface area contributed by atoms with Crippen LogP contribution in [0.1, 0.15) is 20.7 Å². The molecule has 0 radical (unpaired) electrons. The van der Waals surface area contributed by atoms with Gasteiger partial charge in [0.15, 0.2) is 6.29 Å². The van der Waals surface area contributed by atoms with Gasteiger partial charge in [0, 0.05) is 10.6 Å². The Labute approximate surface area is 114 Å². The van der Waals surface area contributed by atoms with Gasteiger partial charge in [0.2, 0.25) is 5.91 Å². The van der Waals surface area contributed by atoms with Gasteiger partial charge < -0.3 is 10.5 Å². The van der Waals surface area contributed by atoms with Crippen LogP contribution in [0.5, 0.6) is 11.5 Å². The third kappa shape index (κ3) is 3.11. The van der Waals surface area contributed by atoms with Crippen molar-refractivity contribution in [2.24, 2.45) is 5.73 Å². The van der Waals surface area contributed by atoms with Gasteiger partial charge in [0.05, 0.1) is 5.56 Å². The Morgan fingerprint density at radius 1 is 1.16 bits per heavy atom. The number of hydrogen-bond donors (Lipinski definition) is 1. The van der Waals surface area contributed by atoms with Crippen molar-refractivity contribution in [3.8, 4) is 11.5 Å². The highest BCUT2D eigenvalue weighted by atomic mass is 35.5. The molecule has 0 fully saturated rings. The molecule has 0 heterocycles. The number of primary amides is 1. The minimum atomic E-state index is -0.508. The molecule has 0 aromatic heterocycles. The van der Waals surface area contributed by atoms with Gasteiger partial charge in [0.1, 0.15) is 11.5 Å². The molecular weight excluding hydrogens is 266 g/mol. The van der Waals surface area contributed by atoms with Crippen LogP contribution in [0.15, 0.2) is 42.5 Å².